The van der Waals surface area contributed by atoms with Gasteiger partial charge in [0.2, 0.25) is 11.8 Å². The van der Waals surface area contributed by atoms with E-state index in [9.17, 15) is 65.4 Å². The molecule has 2 fully saturated rings. The summed E-state index contributed by atoms with van der Waals surface area (Å²) in [6.07, 6.45) is 8.03. The van der Waals surface area contributed by atoms with Crippen molar-refractivity contribution in [3.63, 3.8) is 0 Å². The van der Waals surface area contributed by atoms with Gasteiger partial charge in [0.15, 0.2) is 6.29 Å². The van der Waals surface area contributed by atoms with E-state index in [-0.39, 0.29) is 12.8 Å². The molecule has 0 aromatic carbocycles. The Morgan fingerprint density at radius 2 is 1.11 bits per heavy atom. The van der Waals surface area contributed by atoms with Crippen molar-refractivity contribution in [2.24, 2.45) is 0 Å². The minimum Gasteiger partial charge on any atom is -0.477 e. The van der Waals surface area contributed by atoms with Gasteiger partial charge in [-0.3, -0.25) is 9.59 Å². The first-order valence-corrected chi connectivity index (χ1v) is 28.5. The number of carbonyl (C=O) groups is 3. The summed E-state index contributed by atoms with van der Waals surface area (Å²) < 4.78 is 27.9. The summed E-state index contributed by atoms with van der Waals surface area (Å²) in [5.74, 6) is -6.08. The monoisotopic (exact) mass is 1070 g/mol. The first-order chi connectivity index (χ1) is 35.4. The van der Waals surface area contributed by atoms with Gasteiger partial charge in [0.05, 0.1) is 44.1 Å². The van der Waals surface area contributed by atoms with Crippen molar-refractivity contribution >= 4 is 17.8 Å². The molecular weight excluding hydrogens is 965 g/mol. The Hall–Kier alpha value is -2.15. The average Bonchev–Trinajstić information content (AvgIpc) is 3.37. The molecule has 0 bridgehead atoms. The van der Waals surface area contributed by atoms with E-state index in [0.717, 1.165) is 58.3 Å². The highest BCUT2D eigenvalue weighted by atomic mass is 16.7. The van der Waals surface area contributed by atoms with Crippen LogP contribution in [0.4, 0.5) is 0 Å². The molecule has 2 saturated heterocycles. The molecule has 0 spiro atoms. The number of amides is 2. The van der Waals surface area contributed by atoms with E-state index >= 15 is 0 Å². The summed E-state index contributed by atoms with van der Waals surface area (Å²) >= 11 is 0. The van der Waals surface area contributed by atoms with Crippen molar-refractivity contribution in [1.29, 1.82) is 0 Å². The topological polar surface area (TPSA) is 324 Å². The Labute approximate surface area is 441 Å². The average molecular weight is 1070 g/mol. The van der Waals surface area contributed by atoms with Crippen LogP contribution in [0.2, 0.25) is 0 Å². The van der Waals surface area contributed by atoms with Crippen molar-refractivity contribution in [2.75, 3.05) is 26.9 Å². The van der Waals surface area contributed by atoms with Crippen LogP contribution in [0.5, 0.6) is 0 Å². The molecule has 0 saturated carbocycles. The molecule has 0 radical (unpaired) electrons. The second-order valence-electron chi connectivity index (χ2n) is 21.1. The number of ether oxygens (including phenoxy) is 5. The highest BCUT2D eigenvalue weighted by molar-refractivity contribution is 5.80. The third-order valence-corrected chi connectivity index (χ3v) is 14.5. The summed E-state index contributed by atoms with van der Waals surface area (Å²) in [4.78, 5) is 38.2. The van der Waals surface area contributed by atoms with Gasteiger partial charge in [-0.1, -0.05) is 181 Å². The fourth-order valence-electron chi connectivity index (χ4n) is 9.85. The summed E-state index contributed by atoms with van der Waals surface area (Å²) in [6.45, 7) is 3.58. The number of aliphatic hydroxyl groups excluding tert-OH is 9. The minimum absolute atomic E-state index is 0.158. The molecule has 0 aromatic heterocycles. The predicted octanol–water partition coefficient (Wildman–Crippen LogP) is 4.16. The van der Waals surface area contributed by atoms with Crippen molar-refractivity contribution in [2.45, 2.75) is 298 Å². The van der Waals surface area contributed by atoms with Gasteiger partial charge in [-0.2, -0.15) is 0 Å². The Balaban J connectivity index is 2.10. The normalized spacial score (nSPS) is 26.7. The Morgan fingerprint density at radius 1 is 0.635 bits per heavy atom. The van der Waals surface area contributed by atoms with E-state index in [2.05, 4.69) is 24.5 Å². The maximum absolute atomic E-state index is 13.4. The molecule has 436 valence electrons. The molecule has 20 nitrogen and oxygen atoms in total. The molecule has 20 heteroatoms. The molecule has 74 heavy (non-hydrogen) atoms. The van der Waals surface area contributed by atoms with Crippen LogP contribution < -0.4 is 10.6 Å². The van der Waals surface area contributed by atoms with Crippen molar-refractivity contribution in [3.8, 4) is 0 Å². The lowest BCUT2D eigenvalue weighted by Gasteiger charge is -2.47. The van der Waals surface area contributed by atoms with E-state index in [1.165, 1.54) is 110 Å². The molecule has 2 rings (SSSR count). The lowest BCUT2D eigenvalue weighted by atomic mass is 9.88. The molecule has 0 aliphatic carbocycles. The van der Waals surface area contributed by atoms with Crippen molar-refractivity contribution < 1.29 is 89.1 Å². The van der Waals surface area contributed by atoms with Gasteiger partial charge in [0.1, 0.15) is 54.9 Å². The largest absolute Gasteiger partial charge is 0.477 e. The van der Waals surface area contributed by atoms with Crippen LogP contribution in [0.25, 0.3) is 0 Å². The van der Waals surface area contributed by atoms with Crippen LogP contribution in [-0.2, 0) is 38.1 Å². The molecule has 12 N–H and O–H groups in total. The Morgan fingerprint density at radius 3 is 1.57 bits per heavy atom. The highest BCUT2D eigenvalue weighted by Crippen LogP contribution is 2.35. The SMILES string of the molecule is CCCCCCCCCCCCCCCCC(O)C(=O)NC(CO[C@@H]1O[C@H](CO[C@]2(C(=O)O)C[C@H](O)[C@@H](NC(C)=O)[C@H]([C@@H](O)C(O)COC)O2)[C@@H](O)[C@H](O)[C@H]1O)C(O)C(O)CCCCCCCCCCCCCC. The predicted molar refractivity (Wildman–Crippen MR) is 277 cm³/mol. The number of hydrogen-bond donors (Lipinski definition) is 12. The van der Waals surface area contributed by atoms with Crippen LogP contribution in [-0.4, -0.2) is 187 Å². The zero-order valence-electron chi connectivity index (χ0n) is 45.4. The Bertz CT molecular complexity index is 1470. The van der Waals surface area contributed by atoms with Crippen molar-refractivity contribution in [1.82, 2.24) is 10.6 Å². The number of rotatable bonds is 44. The van der Waals surface area contributed by atoms with E-state index in [1.807, 2.05) is 0 Å². The molecular formula is C54H102N2O18. The zero-order valence-corrected chi connectivity index (χ0v) is 45.4. The molecule has 2 aliphatic heterocycles. The van der Waals surface area contributed by atoms with Crippen LogP contribution in [0, 0.1) is 0 Å². The van der Waals surface area contributed by atoms with Gasteiger partial charge in [-0.15, -0.1) is 0 Å². The van der Waals surface area contributed by atoms with Gasteiger partial charge < -0.3 is 85.4 Å². The van der Waals surface area contributed by atoms with Crippen LogP contribution in [0.3, 0.4) is 0 Å². The molecule has 2 heterocycles. The second kappa shape index (κ2) is 39.2. The minimum atomic E-state index is -2.79. The lowest BCUT2D eigenvalue weighted by Crippen LogP contribution is -2.68. The second-order valence-corrected chi connectivity index (χ2v) is 21.1. The quantitative estimate of drug-likeness (QED) is 0.0381. The number of unbranched alkanes of at least 4 members (excludes halogenated alkanes) is 24. The lowest BCUT2D eigenvalue weighted by molar-refractivity contribution is -0.339. The maximum Gasteiger partial charge on any atom is 0.364 e. The third-order valence-electron chi connectivity index (χ3n) is 14.5. The van der Waals surface area contributed by atoms with E-state index in [0.29, 0.717) is 12.8 Å². The number of aliphatic carboxylic acids is 1. The third kappa shape index (κ3) is 25.5. The first-order valence-electron chi connectivity index (χ1n) is 28.5. The molecule has 0 aromatic rings. The highest BCUT2D eigenvalue weighted by Gasteiger charge is 2.57. The maximum atomic E-state index is 13.4. The fourth-order valence-corrected chi connectivity index (χ4v) is 9.85. The fraction of sp³-hybridized carbons (Fsp3) is 0.944. The number of hydrogen-bond acceptors (Lipinski definition) is 17. The van der Waals surface area contributed by atoms with Gasteiger partial charge in [0.25, 0.3) is 5.79 Å². The van der Waals surface area contributed by atoms with E-state index in [4.69, 9.17) is 23.7 Å². The van der Waals surface area contributed by atoms with E-state index in [1.54, 1.807) is 0 Å². The summed E-state index contributed by atoms with van der Waals surface area (Å²) in [6, 6.07) is -2.79. The molecule has 5 unspecified atom stereocenters. The number of aliphatic hydroxyl groups is 9. The first kappa shape index (κ1) is 68.0. The Kier molecular flexibility index (Phi) is 36.0. The zero-order chi connectivity index (χ0) is 54.9. The number of carboxylic acids is 1. The summed E-state index contributed by atoms with van der Waals surface area (Å²) in [5.41, 5.74) is 0. The number of carboxylic acid groups (broad SMARTS) is 1. The van der Waals surface area contributed by atoms with E-state index < -0.39 is 135 Å². The van der Waals surface area contributed by atoms with Gasteiger partial charge >= 0.3 is 5.97 Å². The molecule has 2 aliphatic rings. The number of carbonyl (C=O) groups excluding carboxylic acids is 2. The summed E-state index contributed by atoms with van der Waals surface area (Å²) in [7, 11) is 1.23. The van der Waals surface area contributed by atoms with Gasteiger partial charge in [-0.25, -0.2) is 4.79 Å². The van der Waals surface area contributed by atoms with Crippen molar-refractivity contribution in [3.05, 3.63) is 0 Å². The number of methoxy groups -OCH3 is 1. The smallest absolute Gasteiger partial charge is 0.364 e. The molecule has 15 atom stereocenters. The van der Waals surface area contributed by atoms with Gasteiger partial charge in [-0.05, 0) is 12.8 Å². The molecule has 2 amide bonds. The van der Waals surface area contributed by atoms with Gasteiger partial charge in [0, 0.05) is 20.5 Å². The van der Waals surface area contributed by atoms with Crippen LogP contribution >= 0.6 is 0 Å². The number of nitrogens with one attached hydrogen (secondary N) is 2. The van der Waals surface area contributed by atoms with Crippen LogP contribution in [0.1, 0.15) is 207 Å². The summed E-state index contributed by atoms with van der Waals surface area (Å²) in [5, 5.41) is 114. The standard InChI is InChI=1S/C54H102N2O18/c1-5-7-9-11-13-15-17-19-20-22-24-26-28-30-32-40(59)51(67)56-38(45(62)39(58)31-29-27-25-23-21-18-16-14-12-10-8-6-2)34-71-52-49(66)48(65)47(64)43(73-52)36-72-54(53(68)69)33-41(60)44(55-37(3)57)50(74-54)46(63)42(61)35-70-4/h38-50,52,58-66H,5-36H2,1-4H3,(H,55,57)(H,56,67)(H,68,69)/t38?,39?,40?,41-,42?,43+,44+,45?,46-,47+,48-,49+,50+,52+,54+/m0/s1. The van der Waals surface area contributed by atoms with Crippen LogP contribution in [0.15, 0.2) is 0 Å².